The van der Waals surface area contributed by atoms with Gasteiger partial charge in [-0.2, -0.15) is 0 Å². The van der Waals surface area contributed by atoms with Crippen molar-refractivity contribution in [3.8, 4) is 5.88 Å². The van der Waals surface area contributed by atoms with E-state index in [1.54, 1.807) is 0 Å². The standard InChI is InChI=1S/C8H6ClF2NO2/c1-14-8-5(9)2-4(3-13)6(12-8)7(10)11/h2-3,7H,1H3. The summed E-state index contributed by atoms with van der Waals surface area (Å²) in [5.41, 5.74) is -0.855. The number of nitrogens with zero attached hydrogens (tertiary/aromatic N) is 1. The number of pyridine rings is 1. The SMILES string of the molecule is COc1nc(C(F)F)c(C=O)cc1Cl. The minimum atomic E-state index is -2.83. The molecule has 0 unspecified atom stereocenters. The van der Waals surface area contributed by atoms with Gasteiger partial charge in [-0.05, 0) is 6.07 Å². The lowest BCUT2D eigenvalue weighted by Crippen LogP contribution is -2.00. The smallest absolute Gasteiger partial charge is 0.281 e. The van der Waals surface area contributed by atoms with Crippen molar-refractivity contribution in [3.63, 3.8) is 0 Å². The molecule has 0 spiro atoms. The second-order valence-corrected chi connectivity index (χ2v) is 2.78. The lowest BCUT2D eigenvalue weighted by molar-refractivity contribution is 0.110. The molecule has 3 nitrogen and oxygen atoms in total. The predicted octanol–water partition coefficient (Wildman–Crippen LogP) is 2.49. The van der Waals surface area contributed by atoms with Crippen LogP contribution in [0.4, 0.5) is 8.78 Å². The van der Waals surface area contributed by atoms with Crippen molar-refractivity contribution in [2.45, 2.75) is 6.43 Å². The first-order chi connectivity index (χ1) is 6.60. The van der Waals surface area contributed by atoms with Gasteiger partial charge in [-0.25, -0.2) is 13.8 Å². The summed E-state index contributed by atoms with van der Waals surface area (Å²) in [5.74, 6) is -0.118. The number of aldehydes is 1. The maximum atomic E-state index is 12.3. The maximum absolute atomic E-state index is 12.3. The Morgan fingerprint density at radius 2 is 2.29 bits per heavy atom. The van der Waals surface area contributed by atoms with Crippen LogP contribution in [0.2, 0.25) is 5.02 Å². The first-order valence-electron chi connectivity index (χ1n) is 3.58. The molecule has 0 aliphatic rings. The molecule has 0 N–H and O–H groups in total. The summed E-state index contributed by atoms with van der Waals surface area (Å²) >= 11 is 5.59. The fourth-order valence-electron chi connectivity index (χ4n) is 0.912. The molecule has 1 aromatic rings. The van der Waals surface area contributed by atoms with Crippen LogP contribution in [0.25, 0.3) is 0 Å². The van der Waals surface area contributed by atoms with E-state index in [0.29, 0.717) is 0 Å². The Bertz CT molecular complexity index is 357. The quantitative estimate of drug-likeness (QED) is 0.736. The number of aromatic nitrogens is 1. The zero-order chi connectivity index (χ0) is 10.7. The van der Waals surface area contributed by atoms with E-state index in [1.165, 1.54) is 7.11 Å². The molecular weight excluding hydrogens is 216 g/mol. The molecule has 1 heterocycles. The number of hydrogen-bond donors (Lipinski definition) is 0. The van der Waals surface area contributed by atoms with Crippen LogP contribution in [0.15, 0.2) is 6.07 Å². The van der Waals surface area contributed by atoms with Crippen molar-refractivity contribution in [1.82, 2.24) is 4.98 Å². The highest BCUT2D eigenvalue weighted by Gasteiger charge is 2.18. The molecule has 1 rings (SSSR count). The number of alkyl halides is 2. The molecule has 0 saturated carbocycles. The Kier molecular flexibility index (Phi) is 3.35. The molecule has 0 atom stereocenters. The van der Waals surface area contributed by atoms with Crippen LogP contribution < -0.4 is 4.74 Å². The molecule has 0 bridgehead atoms. The molecule has 0 amide bonds. The third-order valence-corrected chi connectivity index (χ3v) is 1.80. The predicted molar refractivity (Wildman–Crippen MR) is 46.1 cm³/mol. The Hall–Kier alpha value is -1.23. The van der Waals surface area contributed by atoms with Crippen molar-refractivity contribution in [3.05, 3.63) is 22.3 Å². The Morgan fingerprint density at radius 3 is 2.71 bits per heavy atom. The van der Waals surface area contributed by atoms with Gasteiger partial charge in [0.05, 0.1) is 7.11 Å². The van der Waals surface area contributed by atoms with Gasteiger partial charge in [0.2, 0.25) is 5.88 Å². The minimum absolute atomic E-state index is 0.0269. The van der Waals surface area contributed by atoms with Gasteiger partial charge in [0.1, 0.15) is 10.7 Å². The molecule has 0 fully saturated rings. The van der Waals surface area contributed by atoms with Crippen molar-refractivity contribution in [2.75, 3.05) is 7.11 Å². The Balaban J connectivity index is 3.32. The third-order valence-electron chi connectivity index (χ3n) is 1.53. The van der Waals surface area contributed by atoms with E-state index in [1.807, 2.05) is 0 Å². The zero-order valence-corrected chi connectivity index (χ0v) is 7.89. The fraction of sp³-hybridized carbons (Fsp3) is 0.250. The van der Waals surface area contributed by atoms with Crippen LogP contribution in [0.5, 0.6) is 5.88 Å². The van der Waals surface area contributed by atoms with E-state index >= 15 is 0 Å². The maximum Gasteiger partial charge on any atom is 0.281 e. The molecule has 0 aromatic carbocycles. The molecule has 0 aliphatic heterocycles. The van der Waals surface area contributed by atoms with Gasteiger partial charge in [-0.15, -0.1) is 0 Å². The number of halogens is 3. The van der Waals surface area contributed by atoms with Gasteiger partial charge < -0.3 is 4.74 Å². The number of methoxy groups -OCH3 is 1. The molecular formula is C8H6ClF2NO2. The summed E-state index contributed by atoms with van der Waals surface area (Å²) < 4.78 is 29.3. The average molecular weight is 222 g/mol. The van der Waals surface area contributed by atoms with Crippen molar-refractivity contribution in [1.29, 1.82) is 0 Å². The highest BCUT2D eigenvalue weighted by atomic mass is 35.5. The van der Waals surface area contributed by atoms with Gasteiger partial charge in [0.15, 0.2) is 6.29 Å². The molecule has 0 aliphatic carbocycles. The molecule has 14 heavy (non-hydrogen) atoms. The third kappa shape index (κ3) is 1.98. The van der Waals surface area contributed by atoms with Crippen LogP contribution >= 0.6 is 11.6 Å². The van der Waals surface area contributed by atoms with E-state index in [9.17, 15) is 13.6 Å². The second-order valence-electron chi connectivity index (χ2n) is 2.37. The van der Waals surface area contributed by atoms with Crippen molar-refractivity contribution >= 4 is 17.9 Å². The highest BCUT2D eigenvalue weighted by Crippen LogP contribution is 2.28. The average Bonchev–Trinajstić information content (AvgIpc) is 2.16. The zero-order valence-electron chi connectivity index (χ0n) is 7.13. The first kappa shape index (κ1) is 10.8. The van der Waals surface area contributed by atoms with E-state index in [0.717, 1.165) is 6.07 Å². The first-order valence-corrected chi connectivity index (χ1v) is 3.95. The van der Waals surface area contributed by atoms with Gasteiger partial charge >= 0.3 is 0 Å². The number of ether oxygens (including phenoxy) is 1. The lowest BCUT2D eigenvalue weighted by Gasteiger charge is -2.06. The van der Waals surface area contributed by atoms with Crippen LogP contribution in [0.3, 0.4) is 0 Å². The Morgan fingerprint density at radius 1 is 1.64 bits per heavy atom. The molecule has 0 radical (unpaired) electrons. The summed E-state index contributed by atoms with van der Waals surface area (Å²) in [6.07, 6.45) is -2.55. The van der Waals surface area contributed by atoms with Crippen molar-refractivity contribution < 1.29 is 18.3 Å². The lowest BCUT2D eigenvalue weighted by atomic mass is 10.2. The molecule has 76 valence electrons. The van der Waals surface area contributed by atoms with Gasteiger partial charge in [-0.3, -0.25) is 4.79 Å². The van der Waals surface area contributed by atoms with E-state index in [4.69, 9.17) is 11.6 Å². The molecule has 0 saturated heterocycles. The van der Waals surface area contributed by atoms with Gasteiger partial charge in [0, 0.05) is 5.56 Å². The summed E-state index contributed by atoms with van der Waals surface area (Å²) in [4.78, 5) is 13.8. The summed E-state index contributed by atoms with van der Waals surface area (Å²) in [5, 5.41) is 0.0269. The number of hydrogen-bond acceptors (Lipinski definition) is 3. The van der Waals surface area contributed by atoms with E-state index in [2.05, 4.69) is 9.72 Å². The minimum Gasteiger partial charge on any atom is -0.480 e. The Labute approximate surface area is 83.7 Å². The molecule has 1 aromatic heterocycles. The van der Waals surface area contributed by atoms with Gasteiger partial charge in [-0.1, -0.05) is 11.6 Å². The molecule has 6 heteroatoms. The van der Waals surface area contributed by atoms with E-state index < -0.39 is 12.1 Å². The number of carbonyl (C=O) groups excluding carboxylic acids is 1. The van der Waals surface area contributed by atoms with Crippen molar-refractivity contribution in [2.24, 2.45) is 0 Å². The fourth-order valence-corrected chi connectivity index (χ4v) is 1.15. The summed E-state index contributed by atoms with van der Waals surface area (Å²) in [7, 11) is 1.25. The van der Waals surface area contributed by atoms with Crippen LogP contribution in [0, 0.1) is 0 Å². The van der Waals surface area contributed by atoms with E-state index in [-0.39, 0.29) is 22.8 Å². The monoisotopic (exact) mass is 221 g/mol. The summed E-state index contributed by atoms with van der Waals surface area (Å²) in [6.45, 7) is 0. The van der Waals surface area contributed by atoms with Crippen LogP contribution in [-0.4, -0.2) is 18.4 Å². The summed E-state index contributed by atoms with van der Waals surface area (Å²) in [6, 6.07) is 1.10. The largest absolute Gasteiger partial charge is 0.480 e. The van der Waals surface area contributed by atoms with Crippen LogP contribution in [-0.2, 0) is 0 Å². The normalized spacial score (nSPS) is 10.4. The highest BCUT2D eigenvalue weighted by molar-refractivity contribution is 6.32. The second kappa shape index (κ2) is 4.32. The van der Waals surface area contributed by atoms with Gasteiger partial charge in [0.25, 0.3) is 6.43 Å². The topological polar surface area (TPSA) is 39.2 Å². The number of rotatable bonds is 3. The van der Waals surface area contributed by atoms with Crippen LogP contribution in [0.1, 0.15) is 22.5 Å². The number of carbonyl (C=O) groups is 1.